The number of hydrogen-bond acceptors (Lipinski definition) is 5. The number of aromatic nitrogens is 2. The molecule has 3 aromatic rings. The first kappa shape index (κ1) is 18.7. The maximum Gasteiger partial charge on any atom is 0.265 e. The average Bonchev–Trinajstić information content (AvgIpc) is 3.29. The summed E-state index contributed by atoms with van der Waals surface area (Å²) in [5.41, 5.74) is 0.370. The quantitative estimate of drug-likeness (QED) is 0.626. The molecule has 0 atom stereocenters. The first-order valence-electron chi connectivity index (χ1n) is 8.66. The van der Waals surface area contributed by atoms with Crippen LogP contribution in [0.5, 0.6) is 0 Å². The molecule has 1 fully saturated rings. The molecule has 1 aromatic carbocycles. The van der Waals surface area contributed by atoms with Crippen molar-refractivity contribution in [3.8, 4) is 0 Å². The molecule has 0 unspecified atom stereocenters. The Balaban J connectivity index is 1.49. The summed E-state index contributed by atoms with van der Waals surface area (Å²) in [6.07, 6.45) is 5.32. The highest BCUT2D eigenvalue weighted by Gasteiger charge is 2.30. The number of nitrogens with one attached hydrogen (secondary N) is 2. The Morgan fingerprint density at radius 3 is 2.79 bits per heavy atom. The third-order valence-electron chi connectivity index (χ3n) is 4.19. The van der Waals surface area contributed by atoms with Gasteiger partial charge >= 0.3 is 0 Å². The van der Waals surface area contributed by atoms with E-state index in [1.807, 2.05) is 17.8 Å². The van der Waals surface area contributed by atoms with Gasteiger partial charge in [-0.05, 0) is 54.9 Å². The molecule has 9 heteroatoms. The van der Waals surface area contributed by atoms with Crippen molar-refractivity contribution < 1.29 is 14.0 Å². The fraction of sp³-hybridized carbons (Fsp3) is 0.211. The van der Waals surface area contributed by atoms with Crippen LogP contribution in [0, 0.1) is 11.7 Å². The van der Waals surface area contributed by atoms with Crippen molar-refractivity contribution in [2.45, 2.75) is 22.9 Å². The summed E-state index contributed by atoms with van der Waals surface area (Å²) in [6, 6.07) is 7.59. The number of benzene rings is 1. The summed E-state index contributed by atoms with van der Waals surface area (Å²) < 4.78 is 15.6. The molecule has 1 aliphatic rings. The van der Waals surface area contributed by atoms with Gasteiger partial charge in [0.15, 0.2) is 5.16 Å². The highest BCUT2D eigenvalue weighted by molar-refractivity contribution is 7.99. The van der Waals surface area contributed by atoms with Crippen LogP contribution < -0.4 is 10.6 Å². The number of carbonyl (C=O) groups excluding carboxylic acids is 2. The Morgan fingerprint density at radius 2 is 2.07 bits per heavy atom. The fourth-order valence-electron chi connectivity index (χ4n) is 2.52. The van der Waals surface area contributed by atoms with E-state index in [9.17, 15) is 14.0 Å². The molecule has 2 heterocycles. The van der Waals surface area contributed by atoms with Crippen LogP contribution in [0.2, 0.25) is 0 Å². The van der Waals surface area contributed by atoms with Crippen LogP contribution in [0.15, 0.2) is 52.8 Å². The van der Waals surface area contributed by atoms with Crippen molar-refractivity contribution in [2.24, 2.45) is 13.0 Å². The number of thiophene rings is 1. The lowest BCUT2D eigenvalue weighted by Gasteiger charge is -2.10. The van der Waals surface area contributed by atoms with Gasteiger partial charge in [0.05, 0.1) is 15.6 Å². The summed E-state index contributed by atoms with van der Waals surface area (Å²) in [5, 5.41) is 6.94. The van der Waals surface area contributed by atoms with Gasteiger partial charge < -0.3 is 15.2 Å². The SMILES string of the molecule is Cn1ccnc1Sc1ccc(F)cc1NC(=O)c1ccc(NC(=O)C2CC2)s1. The molecule has 1 aliphatic carbocycles. The Labute approximate surface area is 169 Å². The standard InChI is InChI=1S/C19H17FN4O2S2/c1-24-9-8-21-19(24)28-14-5-4-12(20)10-13(14)22-18(26)15-6-7-16(27-15)23-17(25)11-2-3-11/h4-11H,2-3H2,1H3,(H,22,26)(H,23,25). The number of imidazole rings is 1. The Kier molecular flexibility index (Phi) is 5.19. The minimum Gasteiger partial charge on any atom is -0.329 e. The molecule has 2 amide bonds. The molecule has 0 saturated heterocycles. The van der Waals surface area contributed by atoms with Crippen LogP contribution >= 0.6 is 23.1 Å². The van der Waals surface area contributed by atoms with Gasteiger partial charge in [-0.1, -0.05) is 0 Å². The van der Waals surface area contributed by atoms with E-state index < -0.39 is 5.82 Å². The lowest BCUT2D eigenvalue weighted by Crippen LogP contribution is -2.12. The first-order chi connectivity index (χ1) is 13.5. The zero-order valence-electron chi connectivity index (χ0n) is 14.9. The van der Waals surface area contributed by atoms with Crippen LogP contribution in [0.1, 0.15) is 22.5 Å². The largest absolute Gasteiger partial charge is 0.329 e. The Bertz CT molecular complexity index is 1040. The maximum absolute atomic E-state index is 13.8. The summed E-state index contributed by atoms with van der Waals surface area (Å²) in [7, 11) is 1.86. The van der Waals surface area contributed by atoms with Crippen LogP contribution in [0.4, 0.5) is 15.1 Å². The number of rotatable bonds is 6. The van der Waals surface area contributed by atoms with Gasteiger partial charge in [-0.15, -0.1) is 11.3 Å². The smallest absolute Gasteiger partial charge is 0.265 e. The van der Waals surface area contributed by atoms with Crippen molar-refractivity contribution >= 4 is 45.6 Å². The molecule has 0 radical (unpaired) electrons. The fourth-order valence-corrected chi connectivity index (χ4v) is 4.19. The van der Waals surface area contributed by atoms with Crippen molar-refractivity contribution in [1.82, 2.24) is 9.55 Å². The summed E-state index contributed by atoms with van der Waals surface area (Å²) >= 11 is 2.52. The molecule has 2 aromatic heterocycles. The van der Waals surface area contributed by atoms with Gasteiger partial charge in [0, 0.05) is 30.3 Å². The van der Waals surface area contributed by atoms with Crippen LogP contribution in [-0.4, -0.2) is 21.4 Å². The molecule has 0 aliphatic heterocycles. The van der Waals surface area contributed by atoms with Gasteiger partial charge in [-0.2, -0.15) is 0 Å². The molecular weight excluding hydrogens is 399 g/mol. The van der Waals surface area contributed by atoms with Gasteiger partial charge in [0.2, 0.25) is 5.91 Å². The van der Waals surface area contributed by atoms with E-state index in [0.717, 1.165) is 18.0 Å². The van der Waals surface area contributed by atoms with Crippen LogP contribution in [-0.2, 0) is 11.8 Å². The summed E-state index contributed by atoms with van der Waals surface area (Å²) in [6.45, 7) is 0. The molecule has 0 spiro atoms. The van der Waals surface area contributed by atoms with Gasteiger partial charge in [-0.3, -0.25) is 9.59 Å². The normalized spacial score (nSPS) is 13.4. The molecule has 2 N–H and O–H groups in total. The number of amides is 2. The number of nitrogens with zero attached hydrogens (tertiary/aromatic N) is 2. The second-order valence-electron chi connectivity index (χ2n) is 6.44. The van der Waals surface area contributed by atoms with E-state index in [1.165, 1.54) is 35.2 Å². The van der Waals surface area contributed by atoms with Crippen molar-refractivity contribution in [3.05, 3.63) is 53.4 Å². The molecule has 28 heavy (non-hydrogen) atoms. The van der Waals surface area contributed by atoms with E-state index in [2.05, 4.69) is 15.6 Å². The monoisotopic (exact) mass is 416 g/mol. The predicted molar refractivity (Wildman–Crippen MR) is 107 cm³/mol. The minimum atomic E-state index is -0.442. The number of aryl methyl sites for hydroxylation is 1. The van der Waals surface area contributed by atoms with Gasteiger partial charge in [0.1, 0.15) is 5.82 Å². The molecular formula is C19H17FN4O2S2. The lowest BCUT2D eigenvalue weighted by molar-refractivity contribution is -0.117. The van der Waals surface area contributed by atoms with E-state index in [1.54, 1.807) is 24.4 Å². The topological polar surface area (TPSA) is 76.0 Å². The lowest BCUT2D eigenvalue weighted by atomic mass is 10.3. The van der Waals surface area contributed by atoms with E-state index in [0.29, 0.717) is 20.5 Å². The van der Waals surface area contributed by atoms with Crippen molar-refractivity contribution in [2.75, 3.05) is 10.6 Å². The minimum absolute atomic E-state index is 0.00677. The second kappa shape index (κ2) is 7.76. The third-order valence-corrected chi connectivity index (χ3v) is 6.34. The van der Waals surface area contributed by atoms with E-state index in [4.69, 9.17) is 0 Å². The molecule has 0 bridgehead atoms. The summed E-state index contributed by atoms with van der Waals surface area (Å²) in [4.78, 5) is 29.8. The maximum atomic E-state index is 13.8. The van der Waals surface area contributed by atoms with Gasteiger partial charge in [0.25, 0.3) is 5.91 Å². The zero-order valence-corrected chi connectivity index (χ0v) is 16.6. The number of anilines is 2. The molecule has 4 rings (SSSR count). The van der Waals surface area contributed by atoms with Crippen LogP contribution in [0.25, 0.3) is 0 Å². The molecule has 6 nitrogen and oxygen atoms in total. The van der Waals surface area contributed by atoms with Gasteiger partial charge in [-0.25, -0.2) is 9.37 Å². The Morgan fingerprint density at radius 1 is 1.25 bits per heavy atom. The number of carbonyl (C=O) groups is 2. The molecule has 144 valence electrons. The number of halogens is 1. The predicted octanol–water partition coefficient (Wildman–Crippen LogP) is 4.37. The Hall–Kier alpha value is -2.65. The van der Waals surface area contributed by atoms with E-state index in [-0.39, 0.29) is 17.7 Å². The highest BCUT2D eigenvalue weighted by Crippen LogP contribution is 2.34. The zero-order chi connectivity index (χ0) is 19.7. The molecule has 1 saturated carbocycles. The van der Waals surface area contributed by atoms with E-state index >= 15 is 0 Å². The third kappa shape index (κ3) is 4.26. The first-order valence-corrected chi connectivity index (χ1v) is 10.3. The number of hydrogen-bond donors (Lipinski definition) is 2. The van der Waals surface area contributed by atoms with Crippen LogP contribution in [0.3, 0.4) is 0 Å². The second-order valence-corrected chi connectivity index (χ2v) is 8.54. The van der Waals surface area contributed by atoms with Crippen molar-refractivity contribution in [1.29, 1.82) is 0 Å². The highest BCUT2D eigenvalue weighted by atomic mass is 32.2. The average molecular weight is 417 g/mol. The van der Waals surface area contributed by atoms with Crippen molar-refractivity contribution in [3.63, 3.8) is 0 Å². The summed E-state index contributed by atoms with van der Waals surface area (Å²) in [5.74, 6) is -0.711.